The Labute approximate surface area is 183 Å². The predicted octanol–water partition coefficient (Wildman–Crippen LogP) is 6.00. The molecule has 0 saturated carbocycles. The van der Waals surface area contributed by atoms with E-state index in [4.69, 9.17) is 33.0 Å². The van der Waals surface area contributed by atoms with Crippen molar-refractivity contribution in [2.24, 2.45) is 11.0 Å². The maximum atomic E-state index is 13.2. The zero-order valence-electron chi connectivity index (χ0n) is 15.8. The van der Waals surface area contributed by atoms with Crippen molar-refractivity contribution in [3.8, 4) is 5.75 Å². The summed E-state index contributed by atoms with van der Waals surface area (Å²) >= 11 is 12.0. The second-order valence-electron chi connectivity index (χ2n) is 7.18. The van der Waals surface area contributed by atoms with Crippen LogP contribution in [0.5, 0.6) is 5.75 Å². The predicted molar refractivity (Wildman–Crippen MR) is 118 cm³/mol. The Kier molecular flexibility index (Phi) is 4.85. The molecule has 0 saturated heterocycles. The van der Waals surface area contributed by atoms with Gasteiger partial charge in [0, 0.05) is 21.3 Å². The number of hydrogen-bond acceptors (Lipinski definition) is 3. The van der Waals surface area contributed by atoms with Gasteiger partial charge >= 0.3 is 6.03 Å². The van der Waals surface area contributed by atoms with Crippen LogP contribution in [-0.2, 0) is 0 Å². The van der Waals surface area contributed by atoms with Crippen molar-refractivity contribution in [3.05, 3.63) is 94.0 Å². The van der Waals surface area contributed by atoms with Gasteiger partial charge in [-0.15, -0.1) is 0 Å². The van der Waals surface area contributed by atoms with E-state index in [1.165, 1.54) is 5.01 Å². The number of rotatable bonds is 2. The van der Waals surface area contributed by atoms with E-state index in [0.29, 0.717) is 22.3 Å². The first-order valence-electron chi connectivity index (χ1n) is 9.52. The molecular formula is C23H17Cl2N3O2. The van der Waals surface area contributed by atoms with Crippen molar-refractivity contribution in [2.75, 3.05) is 11.9 Å². The quantitative estimate of drug-likeness (QED) is 0.534. The largest absolute Gasteiger partial charge is 0.492 e. The van der Waals surface area contributed by atoms with Gasteiger partial charge in [-0.05, 0) is 54.1 Å². The summed E-state index contributed by atoms with van der Waals surface area (Å²) in [6.45, 7) is 0.438. The molecule has 0 aliphatic carbocycles. The molecule has 0 fully saturated rings. The molecule has 2 amide bonds. The van der Waals surface area contributed by atoms with Crippen LogP contribution < -0.4 is 10.1 Å². The number of urea groups is 1. The number of halogens is 2. The van der Waals surface area contributed by atoms with Gasteiger partial charge in [0.05, 0.1) is 24.3 Å². The zero-order valence-corrected chi connectivity index (χ0v) is 17.3. The Bertz CT molecular complexity index is 1130. The van der Waals surface area contributed by atoms with Crippen LogP contribution in [0.15, 0.2) is 77.9 Å². The van der Waals surface area contributed by atoms with Crippen LogP contribution in [0.1, 0.15) is 17.2 Å². The normalized spacial score (nSPS) is 19.4. The molecule has 2 aliphatic rings. The van der Waals surface area contributed by atoms with Gasteiger partial charge in [-0.3, -0.25) is 0 Å². The molecule has 5 rings (SSSR count). The van der Waals surface area contributed by atoms with E-state index >= 15 is 0 Å². The smallest absolute Gasteiger partial charge is 0.342 e. The summed E-state index contributed by atoms with van der Waals surface area (Å²) in [5.41, 5.74) is 3.35. The Morgan fingerprint density at radius 3 is 2.37 bits per heavy atom. The highest BCUT2D eigenvalue weighted by atomic mass is 35.5. The molecule has 0 spiro atoms. The molecule has 7 heteroatoms. The van der Waals surface area contributed by atoms with E-state index in [-0.39, 0.29) is 18.0 Å². The molecule has 2 unspecified atom stereocenters. The van der Waals surface area contributed by atoms with Crippen LogP contribution >= 0.6 is 23.2 Å². The minimum atomic E-state index is -0.323. The number of fused-ring (bicyclic) bond motifs is 3. The molecule has 2 aliphatic heterocycles. The van der Waals surface area contributed by atoms with Gasteiger partial charge in [-0.25, -0.2) is 9.80 Å². The number of carbonyl (C=O) groups is 1. The zero-order chi connectivity index (χ0) is 20.7. The van der Waals surface area contributed by atoms with Crippen molar-refractivity contribution in [2.45, 2.75) is 6.04 Å². The number of amides is 2. The van der Waals surface area contributed by atoms with E-state index < -0.39 is 0 Å². The molecule has 0 bridgehead atoms. The van der Waals surface area contributed by atoms with Crippen molar-refractivity contribution in [1.29, 1.82) is 0 Å². The van der Waals surface area contributed by atoms with Crippen molar-refractivity contribution in [1.82, 2.24) is 5.01 Å². The lowest BCUT2D eigenvalue weighted by Gasteiger charge is -2.29. The van der Waals surface area contributed by atoms with Gasteiger partial charge < -0.3 is 10.1 Å². The minimum absolute atomic E-state index is 0.0861. The number of ether oxygens (including phenoxy) is 1. The van der Waals surface area contributed by atoms with E-state index in [9.17, 15) is 4.79 Å². The topological polar surface area (TPSA) is 53.9 Å². The fraction of sp³-hybridized carbons (Fsp3) is 0.130. The molecule has 0 aromatic heterocycles. The van der Waals surface area contributed by atoms with Gasteiger partial charge in [-0.1, -0.05) is 47.5 Å². The maximum Gasteiger partial charge on any atom is 0.342 e. The van der Waals surface area contributed by atoms with E-state index in [1.54, 1.807) is 24.3 Å². The molecule has 0 radical (unpaired) electrons. The summed E-state index contributed by atoms with van der Waals surface area (Å²) in [4.78, 5) is 13.2. The Morgan fingerprint density at radius 1 is 0.967 bits per heavy atom. The lowest BCUT2D eigenvalue weighted by Crippen LogP contribution is -2.36. The Morgan fingerprint density at radius 2 is 1.63 bits per heavy atom. The number of nitrogens with one attached hydrogen (secondary N) is 1. The van der Waals surface area contributed by atoms with Crippen molar-refractivity contribution >= 4 is 40.6 Å². The summed E-state index contributed by atoms with van der Waals surface area (Å²) in [6, 6.07) is 21.6. The molecule has 150 valence electrons. The number of nitrogens with zero attached hydrogens (tertiary/aromatic N) is 2. The lowest BCUT2D eigenvalue weighted by atomic mass is 9.86. The second-order valence-corrected chi connectivity index (χ2v) is 8.05. The summed E-state index contributed by atoms with van der Waals surface area (Å²) in [6.07, 6.45) is 0. The number of hydrogen-bond donors (Lipinski definition) is 1. The molecule has 3 aromatic rings. The number of hydrazone groups is 1. The summed E-state index contributed by atoms with van der Waals surface area (Å²) < 4.78 is 5.99. The van der Waals surface area contributed by atoms with Gasteiger partial charge in [-0.2, -0.15) is 5.10 Å². The fourth-order valence-corrected chi connectivity index (χ4v) is 4.15. The van der Waals surface area contributed by atoms with E-state index in [0.717, 1.165) is 22.6 Å². The molecule has 5 nitrogen and oxygen atoms in total. The highest BCUT2D eigenvalue weighted by Crippen LogP contribution is 2.42. The molecule has 3 aromatic carbocycles. The van der Waals surface area contributed by atoms with Crippen LogP contribution in [0.4, 0.5) is 10.5 Å². The third kappa shape index (κ3) is 3.40. The average Bonchev–Trinajstić information content (AvgIpc) is 3.16. The van der Waals surface area contributed by atoms with Gasteiger partial charge in [0.25, 0.3) is 0 Å². The SMILES string of the molecule is O=C(Nc1ccc(Cl)cc1)N1N=C2c3ccccc3OCC2C1c1ccc(Cl)cc1. The summed E-state index contributed by atoms with van der Waals surface area (Å²) in [5, 5.41) is 10.4. The second kappa shape index (κ2) is 7.67. The molecular weight excluding hydrogens is 421 g/mol. The first-order valence-corrected chi connectivity index (χ1v) is 10.3. The lowest BCUT2D eigenvalue weighted by molar-refractivity contribution is 0.171. The molecule has 30 heavy (non-hydrogen) atoms. The third-order valence-electron chi connectivity index (χ3n) is 5.31. The van der Waals surface area contributed by atoms with Crippen molar-refractivity contribution < 1.29 is 9.53 Å². The number of carbonyl (C=O) groups excluding carboxylic acids is 1. The van der Waals surface area contributed by atoms with Gasteiger partial charge in [0.15, 0.2) is 0 Å². The van der Waals surface area contributed by atoms with Crippen LogP contribution in [-0.4, -0.2) is 23.4 Å². The monoisotopic (exact) mass is 437 g/mol. The first-order chi connectivity index (χ1) is 14.6. The Hall–Kier alpha value is -3.02. The van der Waals surface area contributed by atoms with Crippen LogP contribution in [0.25, 0.3) is 0 Å². The number of para-hydroxylation sites is 1. The summed E-state index contributed by atoms with van der Waals surface area (Å²) in [7, 11) is 0. The van der Waals surface area contributed by atoms with E-state index in [2.05, 4.69) is 5.32 Å². The average molecular weight is 438 g/mol. The number of anilines is 1. The van der Waals surface area contributed by atoms with Crippen LogP contribution in [0.2, 0.25) is 10.0 Å². The fourth-order valence-electron chi connectivity index (χ4n) is 3.90. The highest BCUT2D eigenvalue weighted by Gasteiger charge is 2.45. The third-order valence-corrected chi connectivity index (χ3v) is 5.81. The summed E-state index contributed by atoms with van der Waals surface area (Å²) in [5.74, 6) is 0.694. The molecule has 2 atom stereocenters. The minimum Gasteiger partial charge on any atom is -0.492 e. The standard InChI is InChI=1S/C23H17Cl2N3O2/c24-15-7-5-14(6-8-15)22-19-13-30-20-4-2-1-3-18(20)21(19)27-28(22)23(29)26-17-11-9-16(25)10-12-17/h1-12,19,22H,13H2,(H,26,29). The first kappa shape index (κ1) is 19.0. The molecule has 1 N–H and O–H groups in total. The van der Waals surface area contributed by atoms with Gasteiger partial charge in [0.1, 0.15) is 5.75 Å². The molecule has 2 heterocycles. The van der Waals surface area contributed by atoms with E-state index in [1.807, 2.05) is 48.5 Å². The van der Waals surface area contributed by atoms with Crippen molar-refractivity contribution in [3.63, 3.8) is 0 Å². The maximum absolute atomic E-state index is 13.2. The van der Waals surface area contributed by atoms with Crippen LogP contribution in [0, 0.1) is 5.92 Å². The highest BCUT2D eigenvalue weighted by molar-refractivity contribution is 6.30. The van der Waals surface area contributed by atoms with Gasteiger partial charge in [0.2, 0.25) is 0 Å². The Balaban J connectivity index is 1.53. The number of benzene rings is 3. The van der Waals surface area contributed by atoms with Crippen LogP contribution in [0.3, 0.4) is 0 Å².